The summed E-state index contributed by atoms with van der Waals surface area (Å²) >= 11 is 0. The number of amides is 2. The van der Waals surface area contributed by atoms with Crippen LogP contribution in [0.5, 0.6) is 0 Å². The molecule has 0 aromatic carbocycles. The fourth-order valence-electron chi connectivity index (χ4n) is 3.50. The van der Waals surface area contributed by atoms with Crippen LogP contribution in [0.4, 0.5) is 8.78 Å². The summed E-state index contributed by atoms with van der Waals surface area (Å²) < 4.78 is 28.6. The van der Waals surface area contributed by atoms with Gasteiger partial charge in [-0.25, -0.2) is 13.8 Å². The van der Waals surface area contributed by atoms with Crippen molar-refractivity contribution in [3.05, 3.63) is 54.1 Å². The molecule has 1 aliphatic rings. The minimum absolute atomic E-state index is 0.0406. The second-order valence-electron chi connectivity index (χ2n) is 7.39. The highest BCUT2D eigenvalue weighted by molar-refractivity contribution is 5.97. The van der Waals surface area contributed by atoms with E-state index in [4.69, 9.17) is 0 Å². The number of aromatic nitrogens is 3. The van der Waals surface area contributed by atoms with Gasteiger partial charge in [0.1, 0.15) is 5.65 Å². The number of halogens is 2. The third kappa shape index (κ3) is 4.14. The molecule has 9 heteroatoms. The van der Waals surface area contributed by atoms with E-state index in [1.165, 1.54) is 18.0 Å². The first-order valence-electron chi connectivity index (χ1n) is 9.66. The maximum Gasteiger partial charge on any atom is 0.255 e. The Morgan fingerprint density at radius 2 is 1.93 bits per heavy atom. The molecule has 7 nitrogen and oxygen atoms in total. The highest BCUT2D eigenvalue weighted by Gasteiger charge is 2.35. The maximum atomic E-state index is 13.4. The number of carbonyl (C=O) groups is 2. The Morgan fingerprint density at radius 1 is 1.17 bits per heavy atom. The standard InChI is InChI=1S/C21H21F2N5O2/c1-14(29)25-13-17-11-18(2-6-24-17)28-7-3-15-10-16(12-26-19(15)28)20(30)27-8-4-21(22,23)5-9-27/h2-3,6-7,10-12H,4-5,8-9,13H2,1H3,(H,25,29). The van der Waals surface area contributed by atoms with E-state index in [2.05, 4.69) is 15.3 Å². The summed E-state index contributed by atoms with van der Waals surface area (Å²) in [6, 6.07) is 7.25. The summed E-state index contributed by atoms with van der Waals surface area (Å²) in [6.45, 7) is 1.85. The van der Waals surface area contributed by atoms with Crippen LogP contribution in [-0.2, 0) is 11.3 Å². The first-order valence-corrected chi connectivity index (χ1v) is 9.66. The second-order valence-corrected chi connectivity index (χ2v) is 7.39. The number of hydrogen-bond donors (Lipinski definition) is 1. The summed E-state index contributed by atoms with van der Waals surface area (Å²) in [5.74, 6) is -3.11. The molecule has 0 spiro atoms. The average Bonchev–Trinajstić information content (AvgIpc) is 3.15. The van der Waals surface area contributed by atoms with Gasteiger partial charge in [-0.2, -0.15) is 0 Å². The summed E-state index contributed by atoms with van der Waals surface area (Å²) in [5.41, 5.74) is 2.57. The Kier molecular flexibility index (Phi) is 5.19. The highest BCUT2D eigenvalue weighted by atomic mass is 19.3. The van der Waals surface area contributed by atoms with Gasteiger partial charge in [-0.15, -0.1) is 0 Å². The van der Waals surface area contributed by atoms with Crippen molar-refractivity contribution in [1.29, 1.82) is 0 Å². The van der Waals surface area contributed by atoms with E-state index in [-0.39, 0.29) is 37.7 Å². The maximum absolute atomic E-state index is 13.4. The molecule has 3 aromatic rings. The van der Waals surface area contributed by atoms with Gasteiger partial charge in [-0.3, -0.25) is 14.6 Å². The summed E-state index contributed by atoms with van der Waals surface area (Å²) in [6.07, 6.45) is 4.35. The van der Waals surface area contributed by atoms with Crippen LogP contribution in [0.1, 0.15) is 35.8 Å². The molecule has 30 heavy (non-hydrogen) atoms. The largest absolute Gasteiger partial charge is 0.351 e. The Hall–Kier alpha value is -3.36. The monoisotopic (exact) mass is 413 g/mol. The van der Waals surface area contributed by atoms with Crippen molar-refractivity contribution in [2.75, 3.05) is 13.1 Å². The van der Waals surface area contributed by atoms with E-state index >= 15 is 0 Å². The lowest BCUT2D eigenvalue weighted by molar-refractivity contribution is -0.119. The van der Waals surface area contributed by atoms with Crippen molar-refractivity contribution in [2.45, 2.75) is 32.2 Å². The van der Waals surface area contributed by atoms with Gasteiger partial charge in [-0.05, 0) is 24.3 Å². The van der Waals surface area contributed by atoms with Crippen LogP contribution in [-0.4, -0.2) is 50.3 Å². The molecule has 1 saturated heterocycles. The van der Waals surface area contributed by atoms with Gasteiger partial charge in [0.25, 0.3) is 11.8 Å². The van der Waals surface area contributed by atoms with Crippen molar-refractivity contribution in [3.63, 3.8) is 0 Å². The molecule has 0 bridgehead atoms. The smallest absolute Gasteiger partial charge is 0.255 e. The molecular formula is C21H21F2N5O2. The van der Waals surface area contributed by atoms with Gasteiger partial charge >= 0.3 is 0 Å². The summed E-state index contributed by atoms with van der Waals surface area (Å²) in [7, 11) is 0. The molecule has 0 atom stereocenters. The number of fused-ring (bicyclic) bond motifs is 1. The molecule has 2 amide bonds. The number of nitrogens with one attached hydrogen (secondary N) is 1. The molecule has 1 fully saturated rings. The molecule has 0 saturated carbocycles. The van der Waals surface area contributed by atoms with Crippen LogP contribution in [0.15, 0.2) is 42.9 Å². The van der Waals surface area contributed by atoms with E-state index in [1.807, 2.05) is 29.0 Å². The highest BCUT2D eigenvalue weighted by Crippen LogP contribution is 2.28. The summed E-state index contributed by atoms with van der Waals surface area (Å²) in [4.78, 5) is 34.0. The zero-order valence-corrected chi connectivity index (χ0v) is 16.4. The number of alkyl halides is 2. The Labute approximate surface area is 171 Å². The van der Waals surface area contributed by atoms with E-state index in [0.717, 1.165) is 11.1 Å². The van der Waals surface area contributed by atoms with Crippen molar-refractivity contribution in [3.8, 4) is 5.69 Å². The zero-order valence-electron chi connectivity index (χ0n) is 16.4. The van der Waals surface area contributed by atoms with Crippen molar-refractivity contribution in [2.24, 2.45) is 0 Å². The molecule has 4 rings (SSSR count). The number of piperidine rings is 1. The average molecular weight is 413 g/mol. The van der Waals surface area contributed by atoms with E-state index in [0.29, 0.717) is 23.4 Å². The van der Waals surface area contributed by atoms with Crippen LogP contribution in [0.3, 0.4) is 0 Å². The van der Waals surface area contributed by atoms with Gasteiger partial charge in [0.05, 0.1) is 23.5 Å². The summed E-state index contributed by atoms with van der Waals surface area (Å²) in [5, 5.41) is 3.48. The minimum Gasteiger partial charge on any atom is -0.351 e. The van der Waals surface area contributed by atoms with Gasteiger partial charge in [0.15, 0.2) is 0 Å². The van der Waals surface area contributed by atoms with Gasteiger partial charge < -0.3 is 14.8 Å². The second kappa shape index (κ2) is 7.81. The number of pyridine rings is 2. The molecule has 0 aliphatic carbocycles. The number of rotatable bonds is 4. The SMILES string of the molecule is CC(=O)NCc1cc(-n2ccc3cc(C(=O)N4CCC(F)(F)CC4)cnc32)ccn1. The number of hydrogen-bond acceptors (Lipinski definition) is 4. The molecule has 0 unspecified atom stereocenters. The fourth-order valence-corrected chi connectivity index (χ4v) is 3.50. The molecule has 4 heterocycles. The van der Waals surface area contributed by atoms with E-state index in [9.17, 15) is 18.4 Å². The van der Waals surface area contributed by atoms with Crippen LogP contribution in [0.25, 0.3) is 16.7 Å². The van der Waals surface area contributed by atoms with E-state index in [1.54, 1.807) is 12.3 Å². The van der Waals surface area contributed by atoms with Crippen LogP contribution >= 0.6 is 0 Å². The molecular weight excluding hydrogens is 392 g/mol. The van der Waals surface area contributed by atoms with Crippen molar-refractivity contribution in [1.82, 2.24) is 24.8 Å². The predicted molar refractivity (Wildman–Crippen MR) is 106 cm³/mol. The molecule has 1 aliphatic heterocycles. The first kappa shape index (κ1) is 19.9. The topological polar surface area (TPSA) is 80.1 Å². The normalized spacial score (nSPS) is 15.9. The van der Waals surface area contributed by atoms with Crippen molar-refractivity contribution < 1.29 is 18.4 Å². The molecule has 3 aromatic heterocycles. The Balaban J connectivity index is 1.56. The van der Waals surface area contributed by atoms with Gasteiger partial charge in [0.2, 0.25) is 5.91 Å². The van der Waals surface area contributed by atoms with Gasteiger partial charge in [-0.1, -0.05) is 0 Å². The molecule has 0 radical (unpaired) electrons. The number of carbonyl (C=O) groups excluding carboxylic acids is 2. The fraction of sp³-hybridized carbons (Fsp3) is 0.333. The van der Waals surface area contributed by atoms with E-state index < -0.39 is 5.92 Å². The lowest BCUT2D eigenvalue weighted by atomic mass is 10.1. The third-order valence-corrected chi connectivity index (χ3v) is 5.15. The minimum atomic E-state index is -2.69. The Bertz CT molecular complexity index is 1100. The number of nitrogens with zero attached hydrogens (tertiary/aromatic N) is 4. The van der Waals surface area contributed by atoms with Crippen LogP contribution < -0.4 is 5.32 Å². The third-order valence-electron chi connectivity index (χ3n) is 5.15. The zero-order chi connectivity index (χ0) is 21.3. The van der Waals surface area contributed by atoms with Crippen LogP contribution in [0.2, 0.25) is 0 Å². The quantitative estimate of drug-likeness (QED) is 0.713. The molecule has 1 N–H and O–H groups in total. The Morgan fingerprint density at radius 3 is 2.67 bits per heavy atom. The predicted octanol–water partition coefficient (Wildman–Crippen LogP) is 2.93. The number of likely N-dealkylation sites (tertiary alicyclic amines) is 1. The molecule has 156 valence electrons. The first-order chi connectivity index (χ1) is 14.3. The van der Waals surface area contributed by atoms with Crippen LogP contribution in [0, 0.1) is 0 Å². The van der Waals surface area contributed by atoms with Crippen molar-refractivity contribution >= 4 is 22.8 Å². The lowest BCUT2D eigenvalue weighted by Gasteiger charge is -2.31. The van der Waals surface area contributed by atoms with Gasteiger partial charge in [0, 0.05) is 56.8 Å². The lowest BCUT2D eigenvalue weighted by Crippen LogP contribution is -2.42.